The van der Waals surface area contributed by atoms with Crippen LogP contribution in [-0.4, -0.2) is 21.8 Å². The zero-order valence-electron chi connectivity index (χ0n) is 13.3. The molecule has 2 aromatic carbocycles. The summed E-state index contributed by atoms with van der Waals surface area (Å²) < 4.78 is 12.9. The maximum Gasteiger partial charge on any atom is 0.289 e. The van der Waals surface area contributed by atoms with E-state index in [1.54, 1.807) is 31.2 Å². The average Bonchev–Trinajstić information content (AvgIpc) is 3.10. The van der Waals surface area contributed by atoms with Crippen LogP contribution in [0.2, 0.25) is 5.02 Å². The molecule has 7 heteroatoms. The number of rotatable bonds is 4. The van der Waals surface area contributed by atoms with E-state index in [9.17, 15) is 9.18 Å². The second-order valence-corrected chi connectivity index (χ2v) is 5.70. The van der Waals surface area contributed by atoms with Crippen molar-refractivity contribution in [1.29, 1.82) is 0 Å². The Labute approximate surface area is 148 Å². The molecule has 0 saturated carbocycles. The van der Waals surface area contributed by atoms with Gasteiger partial charge in [0.1, 0.15) is 11.5 Å². The minimum atomic E-state index is -0.438. The van der Waals surface area contributed by atoms with E-state index in [-0.39, 0.29) is 11.5 Å². The topological polar surface area (TPSA) is 70.1 Å². The molecule has 0 fully saturated rings. The van der Waals surface area contributed by atoms with E-state index >= 15 is 0 Å². The summed E-state index contributed by atoms with van der Waals surface area (Å²) in [6, 6.07) is 14.7. The maximum atomic E-state index is 12.9. The molecule has 0 aliphatic rings. The van der Waals surface area contributed by atoms with E-state index in [1.165, 1.54) is 12.1 Å². The molecule has 3 rings (SSSR count). The van der Waals surface area contributed by atoms with Crippen LogP contribution in [0.4, 0.5) is 4.39 Å². The van der Waals surface area contributed by atoms with Gasteiger partial charge >= 0.3 is 0 Å². The quantitative estimate of drug-likeness (QED) is 0.547. The molecular formula is C18H14ClFN4O. The van der Waals surface area contributed by atoms with E-state index in [0.717, 1.165) is 5.56 Å². The number of aromatic amines is 1. The van der Waals surface area contributed by atoms with Crippen LogP contribution in [0, 0.1) is 5.82 Å². The first kappa shape index (κ1) is 16.9. The fourth-order valence-electron chi connectivity index (χ4n) is 2.20. The van der Waals surface area contributed by atoms with Gasteiger partial charge in [-0.2, -0.15) is 10.2 Å². The van der Waals surface area contributed by atoms with Crippen LogP contribution in [0.15, 0.2) is 59.7 Å². The minimum Gasteiger partial charge on any atom is -0.272 e. The molecule has 0 radical (unpaired) electrons. The van der Waals surface area contributed by atoms with Crippen molar-refractivity contribution < 1.29 is 9.18 Å². The molecule has 0 spiro atoms. The predicted molar refractivity (Wildman–Crippen MR) is 95.1 cm³/mol. The van der Waals surface area contributed by atoms with Crippen molar-refractivity contribution in [2.24, 2.45) is 5.10 Å². The van der Waals surface area contributed by atoms with Gasteiger partial charge in [-0.3, -0.25) is 9.89 Å². The van der Waals surface area contributed by atoms with E-state index in [1.807, 2.05) is 18.2 Å². The van der Waals surface area contributed by atoms with Crippen LogP contribution in [-0.2, 0) is 0 Å². The molecule has 3 aromatic rings. The van der Waals surface area contributed by atoms with Crippen molar-refractivity contribution in [1.82, 2.24) is 15.6 Å². The predicted octanol–water partition coefficient (Wildman–Crippen LogP) is 4.02. The Hall–Kier alpha value is -2.99. The van der Waals surface area contributed by atoms with Crippen LogP contribution < -0.4 is 5.43 Å². The molecule has 1 amide bonds. The number of hydrogen-bond donors (Lipinski definition) is 2. The summed E-state index contributed by atoms with van der Waals surface area (Å²) in [5, 5.41) is 11.3. The second kappa shape index (κ2) is 7.27. The Morgan fingerprint density at radius 2 is 1.92 bits per heavy atom. The lowest BCUT2D eigenvalue weighted by Gasteiger charge is -2.01. The lowest BCUT2D eigenvalue weighted by Crippen LogP contribution is -2.19. The van der Waals surface area contributed by atoms with E-state index in [0.29, 0.717) is 22.0 Å². The lowest BCUT2D eigenvalue weighted by molar-refractivity contribution is 0.0950. The largest absolute Gasteiger partial charge is 0.289 e. The summed E-state index contributed by atoms with van der Waals surface area (Å²) in [6.45, 7) is 1.72. The molecule has 0 bridgehead atoms. The van der Waals surface area contributed by atoms with Gasteiger partial charge in [0, 0.05) is 5.56 Å². The Kier molecular flexibility index (Phi) is 4.90. The van der Waals surface area contributed by atoms with E-state index in [4.69, 9.17) is 11.6 Å². The molecule has 1 heterocycles. The molecule has 0 saturated heterocycles. The number of hydrogen-bond acceptors (Lipinski definition) is 3. The minimum absolute atomic E-state index is 0.255. The normalized spacial score (nSPS) is 11.4. The lowest BCUT2D eigenvalue weighted by atomic mass is 10.1. The number of aromatic nitrogens is 2. The number of nitrogens with one attached hydrogen (secondary N) is 2. The number of carbonyl (C=O) groups excluding carboxylic acids is 1. The van der Waals surface area contributed by atoms with E-state index in [2.05, 4.69) is 20.7 Å². The highest BCUT2D eigenvalue weighted by Crippen LogP contribution is 2.26. The summed E-state index contributed by atoms with van der Waals surface area (Å²) in [4.78, 5) is 12.2. The first-order chi connectivity index (χ1) is 12.0. The highest BCUT2D eigenvalue weighted by atomic mass is 35.5. The third-order valence-corrected chi connectivity index (χ3v) is 3.89. The van der Waals surface area contributed by atoms with Gasteiger partial charge in [-0.15, -0.1) is 0 Å². The average molecular weight is 357 g/mol. The summed E-state index contributed by atoms with van der Waals surface area (Å²) in [6.07, 6.45) is 0. The van der Waals surface area contributed by atoms with Gasteiger partial charge < -0.3 is 0 Å². The van der Waals surface area contributed by atoms with Crippen LogP contribution >= 0.6 is 11.6 Å². The van der Waals surface area contributed by atoms with Crippen molar-refractivity contribution in [2.45, 2.75) is 6.92 Å². The molecular weight excluding hydrogens is 343 g/mol. The molecule has 0 aliphatic carbocycles. The van der Waals surface area contributed by atoms with Crippen LogP contribution in [0.25, 0.3) is 11.3 Å². The third kappa shape index (κ3) is 3.92. The number of halogens is 2. The van der Waals surface area contributed by atoms with E-state index < -0.39 is 5.91 Å². The molecule has 0 atom stereocenters. The molecule has 25 heavy (non-hydrogen) atoms. The second-order valence-electron chi connectivity index (χ2n) is 5.29. The zero-order chi connectivity index (χ0) is 17.8. The standard InChI is InChI=1S/C18H14ClFN4O/c1-11(12-6-8-13(20)9-7-12)21-24-18(25)17-10-16(22-23-17)14-4-2-3-5-15(14)19/h2-10H,1H3,(H,22,23)(H,24,25)/b21-11+. The van der Waals surface area contributed by atoms with Crippen molar-refractivity contribution >= 4 is 23.2 Å². The van der Waals surface area contributed by atoms with Crippen molar-refractivity contribution in [3.63, 3.8) is 0 Å². The van der Waals surface area contributed by atoms with Crippen LogP contribution in [0.5, 0.6) is 0 Å². The van der Waals surface area contributed by atoms with Crippen molar-refractivity contribution in [3.05, 3.63) is 76.7 Å². The fourth-order valence-corrected chi connectivity index (χ4v) is 2.43. The van der Waals surface area contributed by atoms with Gasteiger partial charge in [-0.05, 0) is 36.8 Å². The summed E-state index contributed by atoms with van der Waals surface area (Å²) >= 11 is 6.13. The number of hydrazone groups is 1. The van der Waals surface area contributed by atoms with Crippen LogP contribution in [0.1, 0.15) is 23.0 Å². The van der Waals surface area contributed by atoms with Gasteiger partial charge in [0.25, 0.3) is 5.91 Å². The first-order valence-electron chi connectivity index (χ1n) is 7.45. The smallest absolute Gasteiger partial charge is 0.272 e. The molecule has 5 nitrogen and oxygen atoms in total. The van der Waals surface area contributed by atoms with Gasteiger partial charge in [0.2, 0.25) is 0 Å². The highest BCUT2D eigenvalue weighted by molar-refractivity contribution is 6.33. The fraction of sp³-hybridized carbons (Fsp3) is 0.0556. The number of benzene rings is 2. The monoisotopic (exact) mass is 356 g/mol. The van der Waals surface area contributed by atoms with Crippen molar-refractivity contribution in [3.8, 4) is 11.3 Å². The van der Waals surface area contributed by atoms with Crippen LogP contribution in [0.3, 0.4) is 0 Å². The maximum absolute atomic E-state index is 12.9. The number of H-pyrrole nitrogens is 1. The Morgan fingerprint density at radius 3 is 2.64 bits per heavy atom. The molecule has 0 unspecified atom stereocenters. The Bertz CT molecular complexity index is 934. The summed E-state index contributed by atoms with van der Waals surface area (Å²) in [5.74, 6) is -0.766. The first-order valence-corrected chi connectivity index (χ1v) is 7.83. The molecule has 0 aliphatic heterocycles. The number of carbonyl (C=O) groups is 1. The van der Waals surface area contributed by atoms with Gasteiger partial charge in [-0.1, -0.05) is 41.9 Å². The Balaban J connectivity index is 1.73. The van der Waals surface area contributed by atoms with Gasteiger partial charge in [0.05, 0.1) is 16.4 Å². The van der Waals surface area contributed by atoms with Gasteiger partial charge in [-0.25, -0.2) is 9.82 Å². The van der Waals surface area contributed by atoms with Crippen molar-refractivity contribution in [2.75, 3.05) is 0 Å². The number of nitrogens with zero attached hydrogens (tertiary/aromatic N) is 2. The van der Waals surface area contributed by atoms with Gasteiger partial charge in [0.15, 0.2) is 0 Å². The third-order valence-electron chi connectivity index (χ3n) is 3.56. The number of amides is 1. The highest BCUT2D eigenvalue weighted by Gasteiger charge is 2.12. The molecule has 126 valence electrons. The molecule has 2 N–H and O–H groups in total. The SMILES string of the molecule is C/C(=N\NC(=O)c1cc(-c2ccccc2Cl)n[nH]1)c1ccc(F)cc1. The zero-order valence-corrected chi connectivity index (χ0v) is 14.0. The molecule has 1 aromatic heterocycles. The summed E-state index contributed by atoms with van der Waals surface area (Å²) in [5.41, 5.74) is 5.26. The summed E-state index contributed by atoms with van der Waals surface area (Å²) in [7, 11) is 0. The Morgan fingerprint density at radius 1 is 1.20 bits per heavy atom.